The Morgan fingerprint density at radius 2 is 2.00 bits per heavy atom. The van der Waals surface area contributed by atoms with Crippen molar-refractivity contribution in [1.29, 1.82) is 10.5 Å². The molecule has 5 nitrogen and oxygen atoms in total. The molecule has 0 aliphatic heterocycles. The van der Waals surface area contributed by atoms with Gasteiger partial charge in [-0.15, -0.1) is 12.6 Å². The molecule has 0 atom stereocenters. The number of aromatic nitrogens is 1. The molecule has 2 aromatic rings. The maximum atomic E-state index is 11.6. The van der Waals surface area contributed by atoms with Gasteiger partial charge >= 0.3 is 0 Å². The van der Waals surface area contributed by atoms with E-state index in [1.54, 1.807) is 18.2 Å². The molecule has 0 fully saturated rings. The second-order valence-corrected chi connectivity index (χ2v) is 3.58. The minimum absolute atomic E-state index is 0.111. The molecule has 2 heterocycles. The highest BCUT2D eigenvalue weighted by atomic mass is 32.1. The summed E-state index contributed by atoms with van der Waals surface area (Å²) in [5, 5.41) is 18.1. The Balaban J connectivity index is 2.95. The van der Waals surface area contributed by atoms with Crippen molar-refractivity contribution in [3.8, 4) is 23.5 Å². The third-order valence-corrected chi connectivity index (χ3v) is 2.52. The average molecular weight is 243 g/mol. The van der Waals surface area contributed by atoms with E-state index in [0.29, 0.717) is 5.76 Å². The number of rotatable bonds is 1. The van der Waals surface area contributed by atoms with Crippen molar-refractivity contribution >= 4 is 12.6 Å². The molecular weight excluding hydrogens is 238 g/mol. The summed E-state index contributed by atoms with van der Waals surface area (Å²) >= 11 is 4.01. The largest absolute Gasteiger partial charge is 0.464 e. The van der Waals surface area contributed by atoms with E-state index in [1.165, 1.54) is 6.26 Å². The van der Waals surface area contributed by atoms with E-state index in [9.17, 15) is 4.79 Å². The lowest BCUT2D eigenvalue weighted by Crippen LogP contribution is -2.14. The highest BCUT2D eigenvalue weighted by Gasteiger charge is 2.19. The fourth-order valence-electron chi connectivity index (χ4n) is 1.47. The second kappa shape index (κ2) is 4.20. The number of thiol groups is 1. The van der Waals surface area contributed by atoms with Crippen LogP contribution in [0, 0.1) is 22.7 Å². The van der Waals surface area contributed by atoms with Gasteiger partial charge in [0.15, 0.2) is 0 Å². The van der Waals surface area contributed by atoms with Crippen molar-refractivity contribution < 1.29 is 4.42 Å². The van der Waals surface area contributed by atoms with Crippen molar-refractivity contribution in [2.75, 3.05) is 0 Å². The summed E-state index contributed by atoms with van der Waals surface area (Å²) in [6.45, 7) is 0. The number of furan rings is 1. The summed E-state index contributed by atoms with van der Waals surface area (Å²) in [6.07, 6.45) is 1.40. The zero-order valence-electron chi connectivity index (χ0n) is 8.39. The van der Waals surface area contributed by atoms with Crippen LogP contribution in [-0.2, 0) is 0 Å². The Morgan fingerprint density at radius 1 is 1.29 bits per heavy atom. The van der Waals surface area contributed by atoms with E-state index in [-0.39, 0.29) is 21.7 Å². The lowest BCUT2D eigenvalue weighted by Gasteiger charge is -2.04. The number of aromatic amines is 1. The number of hydrogen-bond donors (Lipinski definition) is 2. The van der Waals surface area contributed by atoms with E-state index in [1.807, 2.05) is 6.07 Å². The highest BCUT2D eigenvalue weighted by Crippen LogP contribution is 2.28. The molecule has 2 aromatic heterocycles. The summed E-state index contributed by atoms with van der Waals surface area (Å²) in [4.78, 5) is 13.9. The monoisotopic (exact) mass is 243 g/mol. The standard InChI is InChI=1S/C11H5N3O2S/c12-4-6-9(8-2-1-3-16-8)7(5-13)11(17)14-10(6)15/h1-3H,(H2,14,15,17). The number of nitrogens with one attached hydrogen (secondary N) is 1. The Kier molecular flexibility index (Phi) is 2.73. The van der Waals surface area contributed by atoms with Gasteiger partial charge in [0.2, 0.25) is 0 Å². The first-order valence-corrected chi connectivity index (χ1v) is 4.97. The molecule has 0 amide bonds. The Morgan fingerprint density at radius 3 is 2.53 bits per heavy atom. The van der Waals surface area contributed by atoms with Gasteiger partial charge in [0.1, 0.15) is 23.5 Å². The van der Waals surface area contributed by atoms with Crippen LogP contribution in [-0.4, -0.2) is 4.98 Å². The van der Waals surface area contributed by atoms with Gasteiger partial charge in [-0.1, -0.05) is 0 Å². The van der Waals surface area contributed by atoms with Crippen molar-refractivity contribution in [3.05, 3.63) is 39.9 Å². The maximum Gasteiger partial charge on any atom is 0.267 e. The lowest BCUT2D eigenvalue weighted by molar-refractivity contribution is 0.581. The molecule has 82 valence electrons. The molecule has 0 aromatic carbocycles. The van der Waals surface area contributed by atoms with Crippen LogP contribution >= 0.6 is 12.6 Å². The summed E-state index contributed by atoms with van der Waals surface area (Å²) in [5.41, 5.74) is -0.467. The van der Waals surface area contributed by atoms with Crippen LogP contribution in [0.2, 0.25) is 0 Å². The van der Waals surface area contributed by atoms with Gasteiger partial charge in [0, 0.05) is 0 Å². The molecule has 0 bridgehead atoms. The molecule has 2 rings (SSSR count). The fourth-order valence-corrected chi connectivity index (χ4v) is 1.74. The summed E-state index contributed by atoms with van der Waals surface area (Å²) in [6, 6.07) is 6.84. The fraction of sp³-hybridized carbons (Fsp3) is 0. The smallest absolute Gasteiger partial charge is 0.267 e. The van der Waals surface area contributed by atoms with E-state index < -0.39 is 5.56 Å². The summed E-state index contributed by atoms with van der Waals surface area (Å²) < 4.78 is 5.13. The van der Waals surface area contributed by atoms with Gasteiger partial charge in [0.05, 0.1) is 22.4 Å². The number of nitrogens with zero attached hydrogens (tertiary/aromatic N) is 2. The average Bonchev–Trinajstić information content (AvgIpc) is 2.81. The summed E-state index contributed by atoms with van der Waals surface area (Å²) in [5.74, 6) is 0.291. The van der Waals surface area contributed by atoms with Gasteiger partial charge in [-0.3, -0.25) is 4.79 Å². The van der Waals surface area contributed by atoms with Gasteiger partial charge in [-0.25, -0.2) is 0 Å². The summed E-state index contributed by atoms with van der Waals surface area (Å²) in [7, 11) is 0. The van der Waals surface area contributed by atoms with E-state index in [2.05, 4.69) is 17.6 Å². The Labute approximate surface area is 101 Å². The molecule has 0 aliphatic carbocycles. The molecule has 0 saturated heterocycles. The van der Waals surface area contributed by atoms with Crippen molar-refractivity contribution in [2.24, 2.45) is 0 Å². The van der Waals surface area contributed by atoms with Crippen LogP contribution < -0.4 is 5.56 Å². The third kappa shape index (κ3) is 1.71. The SMILES string of the molecule is N#Cc1c(S)[nH]c(=O)c(C#N)c1-c1ccco1. The number of pyridine rings is 1. The van der Waals surface area contributed by atoms with E-state index >= 15 is 0 Å². The van der Waals surface area contributed by atoms with E-state index in [4.69, 9.17) is 14.9 Å². The first kappa shape index (κ1) is 11.1. The molecule has 0 radical (unpaired) electrons. The maximum absolute atomic E-state index is 11.6. The highest BCUT2D eigenvalue weighted by molar-refractivity contribution is 7.80. The molecule has 0 aliphatic rings. The van der Waals surface area contributed by atoms with Gasteiger partial charge in [-0.05, 0) is 12.1 Å². The van der Waals surface area contributed by atoms with E-state index in [0.717, 1.165) is 0 Å². The molecule has 0 saturated carbocycles. The first-order chi connectivity index (χ1) is 8.19. The molecular formula is C11H5N3O2S. The topological polar surface area (TPSA) is 93.6 Å². The predicted molar refractivity (Wildman–Crippen MR) is 61.4 cm³/mol. The molecule has 17 heavy (non-hydrogen) atoms. The minimum atomic E-state index is -0.595. The van der Waals surface area contributed by atoms with Gasteiger partial charge in [0.25, 0.3) is 5.56 Å². The molecule has 0 spiro atoms. The number of nitriles is 2. The molecule has 1 N–H and O–H groups in total. The van der Waals surface area contributed by atoms with Crippen molar-refractivity contribution in [2.45, 2.75) is 5.03 Å². The van der Waals surface area contributed by atoms with Crippen molar-refractivity contribution in [1.82, 2.24) is 4.98 Å². The van der Waals surface area contributed by atoms with Crippen LogP contribution in [0.25, 0.3) is 11.3 Å². The quantitative estimate of drug-likeness (QED) is 0.745. The van der Waals surface area contributed by atoms with Gasteiger partial charge < -0.3 is 9.40 Å². The lowest BCUT2D eigenvalue weighted by atomic mass is 10.0. The normalized spacial score (nSPS) is 9.59. The minimum Gasteiger partial charge on any atom is -0.464 e. The third-order valence-electron chi connectivity index (χ3n) is 2.19. The first-order valence-electron chi connectivity index (χ1n) is 4.52. The van der Waals surface area contributed by atoms with Crippen LogP contribution in [0.5, 0.6) is 0 Å². The van der Waals surface area contributed by atoms with Crippen LogP contribution in [0.4, 0.5) is 0 Å². The Bertz CT molecular complexity index is 702. The van der Waals surface area contributed by atoms with Crippen molar-refractivity contribution in [3.63, 3.8) is 0 Å². The van der Waals surface area contributed by atoms with Gasteiger partial charge in [-0.2, -0.15) is 10.5 Å². The molecule has 0 unspecified atom stereocenters. The van der Waals surface area contributed by atoms with Crippen LogP contribution in [0.3, 0.4) is 0 Å². The predicted octanol–water partition coefficient (Wildman–Crippen LogP) is 1.67. The van der Waals surface area contributed by atoms with Crippen LogP contribution in [0.1, 0.15) is 11.1 Å². The Hall–Kier alpha value is -2.44. The number of H-pyrrole nitrogens is 1. The number of hydrogen-bond acceptors (Lipinski definition) is 5. The van der Waals surface area contributed by atoms with Crippen LogP contribution in [0.15, 0.2) is 32.6 Å². The second-order valence-electron chi connectivity index (χ2n) is 3.13. The zero-order valence-corrected chi connectivity index (χ0v) is 9.28. The molecule has 6 heteroatoms. The zero-order chi connectivity index (χ0) is 12.4.